The molecule has 1 aromatic heterocycles. The van der Waals surface area contributed by atoms with Crippen molar-refractivity contribution in [3.8, 4) is 0 Å². The van der Waals surface area contributed by atoms with E-state index in [0.717, 1.165) is 22.9 Å². The number of halogens is 1. The maximum Gasteiger partial charge on any atom is 0.0720 e. The van der Waals surface area contributed by atoms with E-state index in [1.54, 1.807) is 6.20 Å². The average molecular weight is 236 g/mol. The van der Waals surface area contributed by atoms with Crippen molar-refractivity contribution < 1.29 is 0 Å². The van der Waals surface area contributed by atoms with E-state index in [-0.39, 0.29) is 6.04 Å². The molecular weight excluding hydrogens is 222 g/mol. The molecule has 1 atom stereocenters. The van der Waals surface area contributed by atoms with E-state index in [0.29, 0.717) is 11.6 Å². The van der Waals surface area contributed by atoms with Crippen LogP contribution in [0.3, 0.4) is 0 Å². The van der Waals surface area contributed by atoms with Gasteiger partial charge in [0.25, 0.3) is 0 Å². The molecule has 84 valence electrons. The summed E-state index contributed by atoms with van der Waals surface area (Å²) in [6, 6.07) is 7.55. The summed E-state index contributed by atoms with van der Waals surface area (Å²) >= 11 is 5.92. The van der Waals surface area contributed by atoms with Crippen molar-refractivity contribution in [1.29, 1.82) is 0 Å². The van der Waals surface area contributed by atoms with Gasteiger partial charge in [-0.05, 0) is 36.7 Å². The fourth-order valence-electron chi connectivity index (χ4n) is 1.80. The molecule has 0 aliphatic carbocycles. The molecule has 16 heavy (non-hydrogen) atoms. The summed E-state index contributed by atoms with van der Waals surface area (Å²) in [5, 5.41) is 1.73. The monoisotopic (exact) mass is 235 g/mol. The number of fused-ring (bicyclic) bond motifs is 1. The lowest BCUT2D eigenvalue weighted by molar-refractivity contribution is 0.665. The second kappa shape index (κ2) is 4.78. The van der Waals surface area contributed by atoms with Crippen molar-refractivity contribution in [2.45, 2.75) is 12.5 Å². The molecule has 0 radical (unpaired) electrons. The molecule has 4 heteroatoms. The first kappa shape index (κ1) is 11.3. The van der Waals surface area contributed by atoms with Crippen LogP contribution in [-0.2, 0) is 0 Å². The number of hydrogen-bond donors (Lipinski definition) is 2. The predicted molar refractivity (Wildman–Crippen MR) is 67.4 cm³/mol. The van der Waals surface area contributed by atoms with Gasteiger partial charge in [0.05, 0.1) is 5.52 Å². The highest BCUT2D eigenvalue weighted by molar-refractivity contribution is 6.31. The number of nitrogens with two attached hydrogens (primary N) is 2. The molecule has 4 N–H and O–H groups in total. The van der Waals surface area contributed by atoms with Gasteiger partial charge in [0, 0.05) is 22.6 Å². The summed E-state index contributed by atoms with van der Waals surface area (Å²) in [5.74, 6) is 0. The van der Waals surface area contributed by atoms with E-state index in [1.807, 2.05) is 24.3 Å². The predicted octanol–water partition coefficient (Wildman–Crippen LogP) is 2.24. The molecular formula is C12H14ClN3. The Bertz CT molecular complexity index is 499. The molecule has 0 amide bonds. The third kappa shape index (κ3) is 2.16. The van der Waals surface area contributed by atoms with E-state index in [2.05, 4.69) is 4.98 Å². The van der Waals surface area contributed by atoms with E-state index >= 15 is 0 Å². The maximum absolute atomic E-state index is 6.07. The van der Waals surface area contributed by atoms with E-state index in [9.17, 15) is 0 Å². The van der Waals surface area contributed by atoms with Gasteiger partial charge >= 0.3 is 0 Å². The second-order valence-electron chi connectivity index (χ2n) is 3.75. The van der Waals surface area contributed by atoms with E-state index in [4.69, 9.17) is 23.1 Å². The second-order valence-corrected chi connectivity index (χ2v) is 4.18. The molecule has 0 aliphatic heterocycles. The molecule has 0 fully saturated rings. The van der Waals surface area contributed by atoms with Crippen LogP contribution in [0.15, 0.2) is 30.5 Å². The van der Waals surface area contributed by atoms with Crippen molar-refractivity contribution in [3.63, 3.8) is 0 Å². The third-order valence-corrected chi connectivity index (χ3v) is 2.85. The zero-order valence-electron chi connectivity index (χ0n) is 8.86. The average Bonchev–Trinajstić information content (AvgIpc) is 2.28. The number of nitrogens with zero attached hydrogens (tertiary/aromatic N) is 1. The Kier molecular flexibility index (Phi) is 3.39. The van der Waals surface area contributed by atoms with Crippen LogP contribution < -0.4 is 11.5 Å². The van der Waals surface area contributed by atoms with Gasteiger partial charge in [0.2, 0.25) is 0 Å². The van der Waals surface area contributed by atoms with E-state index < -0.39 is 0 Å². The summed E-state index contributed by atoms with van der Waals surface area (Å²) < 4.78 is 0. The smallest absolute Gasteiger partial charge is 0.0720 e. The third-order valence-electron chi connectivity index (χ3n) is 2.62. The fourth-order valence-corrected chi connectivity index (χ4v) is 1.97. The maximum atomic E-state index is 6.07. The number of rotatable bonds is 3. The van der Waals surface area contributed by atoms with Crippen molar-refractivity contribution in [3.05, 3.63) is 41.0 Å². The highest BCUT2D eigenvalue weighted by Gasteiger charge is 2.09. The molecule has 0 saturated heterocycles. The SMILES string of the molecule is NCCC(N)c1ccnc2cc(Cl)ccc12. The largest absolute Gasteiger partial charge is 0.330 e. The Morgan fingerprint density at radius 2 is 2.12 bits per heavy atom. The summed E-state index contributed by atoms with van der Waals surface area (Å²) in [5.41, 5.74) is 13.5. The summed E-state index contributed by atoms with van der Waals surface area (Å²) in [6.07, 6.45) is 2.52. The van der Waals surface area contributed by atoms with Crippen LogP contribution in [0.25, 0.3) is 10.9 Å². The van der Waals surface area contributed by atoms with Crippen LogP contribution in [0.2, 0.25) is 5.02 Å². The fraction of sp³-hybridized carbons (Fsp3) is 0.250. The highest BCUT2D eigenvalue weighted by atomic mass is 35.5. The molecule has 1 aromatic carbocycles. The number of aromatic nitrogens is 1. The number of hydrogen-bond acceptors (Lipinski definition) is 3. The Balaban J connectivity index is 2.53. The lowest BCUT2D eigenvalue weighted by Crippen LogP contribution is -2.15. The summed E-state index contributed by atoms with van der Waals surface area (Å²) in [7, 11) is 0. The first-order valence-electron chi connectivity index (χ1n) is 5.22. The molecule has 1 heterocycles. The zero-order chi connectivity index (χ0) is 11.5. The normalized spacial score (nSPS) is 12.9. The zero-order valence-corrected chi connectivity index (χ0v) is 9.61. The lowest BCUT2D eigenvalue weighted by atomic mass is 10.0. The topological polar surface area (TPSA) is 64.9 Å². The Morgan fingerprint density at radius 3 is 2.88 bits per heavy atom. The Morgan fingerprint density at radius 1 is 1.31 bits per heavy atom. The minimum absolute atomic E-state index is 0.0447. The van der Waals surface area contributed by atoms with Crippen LogP contribution in [0, 0.1) is 0 Å². The molecule has 0 aliphatic rings. The minimum atomic E-state index is -0.0447. The van der Waals surface area contributed by atoms with Crippen LogP contribution in [0.5, 0.6) is 0 Å². The minimum Gasteiger partial charge on any atom is -0.330 e. The van der Waals surface area contributed by atoms with Crippen molar-refractivity contribution in [2.75, 3.05) is 6.54 Å². The van der Waals surface area contributed by atoms with Gasteiger partial charge in [0.15, 0.2) is 0 Å². The Labute approximate surface area is 99.4 Å². The standard InChI is InChI=1S/C12H14ClN3/c13-8-1-2-10-9(11(15)3-5-14)4-6-16-12(10)7-8/h1-2,4,6-7,11H,3,5,14-15H2. The van der Waals surface area contributed by atoms with Gasteiger partial charge in [-0.2, -0.15) is 0 Å². The van der Waals surface area contributed by atoms with Gasteiger partial charge in [-0.1, -0.05) is 17.7 Å². The molecule has 0 saturated carbocycles. The van der Waals surface area contributed by atoms with Gasteiger partial charge in [-0.25, -0.2) is 0 Å². The van der Waals surface area contributed by atoms with Crippen LogP contribution >= 0.6 is 11.6 Å². The van der Waals surface area contributed by atoms with Gasteiger partial charge in [-0.15, -0.1) is 0 Å². The van der Waals surface area contributed by atoms with Crippen molar-refractivity contribution >= 4 is 22.5 Å². The first-order chi connectivity index (χ1) is 7.72. The van der Waals surface area contributed by atoms with Crippen molar-refractivity contribution in [1.82, 2.24) is 4.98 Å². The van der Waals surface area contributed by atoms with Gasteiger partial charge < -0.3 is 11.5 Å². The summed E-state index contributed by atoms with van der Waals surface area (Å²) in [6.45, 7) is 0.582. The van der Waals surface area contributed by atoms with Crippen LogP contribution in [0.4, 0.5) is 0 Å². The molecule has 0 bridgehead atoms. The lowest BCUT2D eigenvalue weighted by Gasteiger charge is -2.13. The van der Waals surface area contributed by atoms with E-state index in [1.165, 1.54) is 0 Å². The molecule has 3 nitrogen and oxygen atoms in total. The van der Waals surface area contributed by atoms with Gasteiger partial charge in [0.1, 0.15) is 0 Å². The van der Waals surface area contributed by atoms with Gasteiger partial charge in [-0.3, -0.25) is 4.98 Å². The summed E-state index contributed by atoms with van der Waals surface area (Å²) in [4.78, 5) is 4.27. The number of benzene rings is 1. The van der Waals surface area contributed by atoms with Crippen LogP contribution in [-0.4, -0.2) is 11.5 Å². The van der Waals surface area contributed by atoms with Crippen LogP contribution in [0.1, 0.15) is 18.0 Å². The highest BCUT2D eigenvalue weighted by Crippen LogP contribution is 2.25. The van der Waals surface area contributed by atoms with Crippen molar-refractivity contribution in [2.24, 2.45) is 11.5 Å². The molecule has 0 spiro atoms. The molecule has 1 unspecified atom stereocenters. The molecule has 2 rings (SSSR count). The Hall–Kier alpha value is -1.16. The number of pyridine rings is 1. The quantitative estimate of drug-likeness (QED) is 0.858. The molecule has 2 aromatic rings. The first-order valence-corrected chi connectivity index (χ1v) is 5.60.